The van der Waals surface area contributed by atoms with E-state index in [9.17, 15) is 0 Å². The Morgan fingerprint density at radius 1 is 1.38 bits per heavy atom. The van der Waals surface area contributed by atoms with E-state index in [0.717, 1.165) is 38.0 Å². The number of nitrogens with zero attached hydrogens (tertiary/aromatic N) is 2. The summed E-state index contributed by atoms with van der Waals surface area (Å²) in [6.07, 6.45) is 4.58. The molecule has 0 spiro atoms. The van der Waals surface area contributed by atoms with Crippen molar-refractivity contribution in [3.8, 4) is 0 Å². The smallest absolute Gasteiger partial charge is 0.124 e. The molecule has 0 atom stereocenters. The van der Waals surface area contributed by atoms with Gasteiger partial charge in [0, 0.05) is 38.3 Å². The lowest BCUT2D eigenvalue weighted by Gasteiger charge is -2.28. The minimum absolute atomic E-state index is 0.536. The lowest BCUT2D eigenvalue weighted by atomic mass is 10.2. The quantitative estimate of drug-likeness (QED) is 0.600. The minimum Gasteiger partial charge on any atom is -0.369 e. The number of nitrogens with one attached hydrogen (secondary N) is 3. The van der Waals surface area contributed by atoms with E-state index in [1.165, 1.54) is 12.8 Å². The van der Waals surface area contributed by atoms with Crippen molar-refractivity contribution in [1.29, 1.82) is 0 Å². The summed E-state index contributed by atoms with van der Waals surface area (Å²) in [5, 5.41) is 14.6. The van der Waals surface area contributed by atoms with Crippen LogP contribution in [0.25, 0.3) is 0 Å². The van der Waals surface area contributed by atoms with Gasteiger partial charge in [-0.05, 0) is 12.8 Å². The molecule has 5 nitrogen and oxygen atoms in total. The maximum Gasteiger partial charge on any atom is 0.124 e. The normalized spacial score (nSPS) is 20.8. The van der Waals surface area contributed by atoms with Crippen molar-refractivity contribution in [2.75, 3.05) is 31.5 Å². The van der Waals surface area contributed by atoms with E-state index in [1.807, 2.05) is 6.20 Å². The van der Waals surface area contributed by atoms with E-state index >= 15 is 0 Å². The number of hydrogen-bond donors (Lipinski definition) is 3. The maximum atomic E-state index is 4.36. The van der Waals surface area contributed by atoms with E-state index in [2.05, 4.69) is 31.8 Å². The first kappa shape index (κ1) is 10.1. The zero-order valence-corrected chi connectivity index (χ0v) is 9.45. The Morgan fingerprint density at radius 2 is 2.25 bits per heavy atom. The second kappa shape index (κ2) is 4.43. The molecule has 88 valence electrons. The Morgan fingerprint density at radius 3 is 2.94 bits per heavy atom. The minimum atomic E-state index is 0.536. The molecule has 0 bridgehead atoms. The zero-order chi connectivity index (χ0) is 10.8. The van der Waals surface area contributed by atoms with Crippen molar-refractivity contribution < 1.29 is 0 Å². The predicted molar refractivity (Wildman–Crippen MR) is 63.6 cm³/mol. The van der Waals surface area contributed by atoms with Crippen molar-refractivity contribution in [3.63, 3.8) is 0 Å². The van der Waals surface area contributed by atoms with Crippen LogP contribution in [0.15, 0.2) is 12.3 Å². The van der Waals surface area contributed by atoms with E-state index in [-0.39, 0.29) is 0 Å². The lowest BCUT2D eigenvalue weighted by Crippen LogP contribution is -2.44. The highest BCUT2D eigenvalue weighted by Gasteiger charge is 2.22. The molecule has 2 fully saturated rings. The molecule has 1 aliphatic carbocycles. The number of aromatic nitrogens is 2. The molecule has 16 heavy (non-hydrogen) atoms. The number of rotatable bonds is 6. The summed E-state index contributed by atoms with van der Waals surface area (Å²) in [6, 6.07) is 3.38. The van der Waals surface area contributed by atoms with Gasteiger partial charge in [-0.3, -0.25) is 0 Å². The SMILES string of the molecule is c1cc(NCCNC2CC2)n(C2CNC2)n1. The molecule has 0 aromatic carbocycles. The van der Waals surface area contributed by atoms with Gasteiger partial charge in [-0.1, -0.05) is 0 Å². The monoisotopic (exact) mass is 221 g/mol. The Kier molecular flexibility index (Phi) is 2.80. The summed E-state index contributed by atoms with van der Waals surface area (Å²) < 4.78 is 2.09. The summed E-state index contributed by atoms with van der Waals surface area (Å²) in [7, 11) is 0. The van der Waals surface area contributed by atoms with Gasteiger partial charge in [-0.15, -0.1) is 0 Å². The number of anilines is 1. The van der Waals surface area contributed by atoms with Gasteiger partial charge in [0.2, 0.25) is 0 Å². The third-order valence-electron chi connectivity index (χ3n) is 3.22. The Labute approximate surface area is 95.6 Å². The molecule has 3 rings (SSSR count). The molecule has 0 radical (unpaired) electrons. The average molecular weight is 221 g/mol. The van der Waals surface area contributed by atoms with E-state index in [4.69, 9.17) is 0 Å². The van der Waals surface area contributed by atoms with Crippen LogP contribution in [0, 0.1) is 0 Å². The van der Waals surface area contributed by atoms with Gasteiger partial charge in [0.25, 0.3) is 0 Å². The average Bonchev–Trinajstić information content (AvgIpc) is 2.93. The van der Waals surface area contributed by atoms with Gasteiger partial charge in [0.15, 0.2) is 0 Å². The molecule has 2 aliphatic rings. The first-order chi connectivity index (χ1) is 7.93. The van der Waals surface area contributed by atoms with Crippen molar-refractivity contribution in [2.24, 2.45) is 0 Å². The van der Waals surface area contributed by atoms with Crippen LogP contribution >= 0.6 is 0 Å². The highest BCUT2D eigenvalue weighted by Crippen LogP contribution is 2.18. The largest absolute Gasteiger partial charge is 0.369 e. The summed E-state index contributed by atoms with van der Waals surface area (Å²) in [5.74, 6) is 1.14. The van der Waals surface area contributed by atoms with E-state index < -0.39 is 0 Å². The van der Waals surface area contributed by atoms with Gasteiger partial charge in [-0.2, -0.15) is 5.10 Å². The molecule has 0 unspecified atom stereocenters. The summed E-state index contributed by atoms with van der Waals surface area (Å²) in [6.45, 7) is 4.09. The second-order valence-corrected chi connectivity index (χ2v) is 4.63. The van der Waals surface area contributed by atoms with Gasteiger partial charge in [0.05, 0.1) is 12.2 Å². The van der Waals surface area contributed by atoms with Crippen LogP contribution in [0.4, 0.5) is 5.82 Å². The third kappa shape index (κ3) is 2.20. The van der Waals surface area contributed by atoms with Crippen LogP contribution in [-0.2, 0) is 0 Å². The third-order valence-corrected chi connectivity index (χ3v) is 3.22. The van der Waals surface area contributed by atoms with Gasteiger partial charge in [0.1, 0.15) is 5.82 Å². The van der Waals surface area contributed by atoms with Gasteiger partial charge >= 0.3 is 0 Å². The van der Waals surface area contributed by atoms with Crippen LogP contribution in [0.2, 0.25) is 0 Å². The lowest BCUT2D eigenvalue weighted by molar-refractivity contribution is 0.321. The van der Waals surface area contributed by atoms with Crippen molar-refractivity contribution in [2.45, 2.75) is 24.9 Å². The van der Waals surface area contributed by atoms with Gasteiger partial charge < -0.3 is 16.0 Å². The van der Waals surface area contributed by atoms with Crippen molar-refractivity contribution in [1.82, 2.24) is 20.4 Å². The van der Waals surface area contributed by atoms with Crippen molar-refractivity contribution in [3.05, 3.63) is 12.3 Å². The van der Waals surface area contributed by atoms with Crippen LogP contribution < -0.4 is 16.0 Å². The molecule has 3 N–H and O–H groups in total. The fourth-order valence-corrected chi connectivity index (χ4v) is 1.95. The Hall–Kier alpha value is -1.07. The highest BCUT2D eigenvalue weighted by molar-refractivity contribution is 5.34. The standard InChI is InChI=1S/C11H19N5/c1-2-9(1)13-5-6-14-11-3-4-15-16(11)10-7-12-8-10/h3-4,9-10,12-14H,1-2,5-8H2. The maximum absolute atomic E-state index is 4.36. The fourth-order valence-electron chi connectivity index (χ4n) is 1.95. The molecule has 1 saturated carbocycles. The first-order valence-electron chi connectivity index (χ1n) is 6.15. The molecular weight excluding hydrogens is 202 g/mol. The van der Waals surface area contributed by atoms with Crippen LogP contribution in [-0.4, -0.2) is 42.0 Å². The molecule has 5 heteroatoms. The topological polar surface area (TPSA) is 53.9 Å². The Balaban J connectivity index is 1.46. The predicted octanol–water partition coefficient (Wildman–Crippen LogP) is 0.191. The molecule has 1 aromatic heterocycles. The molecule has 0 amide bonds. The summed E-state index contributed by atoms with van der Waals surface area (Å²) in [5.41, 5.74) is 0. The van der Waals surface area contributed by atoms with Crippen LogP contribution in [0.5, 0.6) is 0 Å². The Bertz CT molecular complexity index is 340. The molecule has 1 aromatic rings. The van der Waals surface area contributed by atoms with Crippen LogP contribution in [0.1, 0.15) is 18.9 Å². The molecule has 1 saturated heterocycles. The molecule has 1 aliphatic heterocycles. The summed E-state index contributed by atoms with van der Waals surface area (Å²) in [4.78, 5) is 0. The van der Waals surface area contributed by atoms with E-state index in [1.54, 1.807) is 0 Å². The fraction of sp³-hybridized carbons (Fsp3) is 0.727. The molecule has 2 heterocycles. The highest BCUT2D eigenvalue weighted by atomic mass is 15.4. The molecular formula is C11H19N5. The van der Waals surface area contributed by atoms with Gasteiger partial charge in [-0.25, -0.2) is 4.68 Å². The zero-order valence-electron chi connectivity index (χ0n) is 9.45. The first-order valence-corrected chi connectivity index (χ1v) is 6.15. The number of hydrogen-bond acceptors (Lipinski definition) is 4. The second-order valence-electron chi connectivity index (χ2n) is 4.63. The van der Waals surface area contributed by atoms with Crippen LogP contribution in [0.3, 0.4) is 0 Å². The van der Waals surface area contributed by atoms with Crippen molar-refractivity contribution >= 4 is 5.82 Å². The van der Waals surface area contributed by atoms with E-state index in [0.29, 0.717) is 6.04 Å². The summed E-state index contributed by atoms with van der Waals surface area (Å²) >= 11 is 0.